The maximum Gasteiger partial charge on any atom is 0.433 e. The van der Waals surface area contributed by atoms with Crippen molar-refractivity contribution in [1.29, 1.82) is 0 Å². The molecule has 0 spiro atoms. The third-order valence-electron chi connectivity index (χ3n) is 3.37. The predicted molar refractivity (Wildman–Crippen MR) is 84.3 cm³/mol. The standard InChI is InChI=1S/C15H19ClF3N3O2/c1-14(2,3)24-13(23)22-6-4-21(5-7-22)10-8-11(15(17,18)19)20-12(16)9-10/h8-9H,4-7H2,1-3H3. The number of alkyl halides is 3. The van der Waals surface area contributed by atoms with Crippen LogP contribution in [-0.2, 0) is 10.9 Å². The van der Waals surface area contributed by atoms with Gasteiger partial charge in [0.05, 0.1) is 0 Å². The van der Waals surface area contributed by atoms with Gasteiger partial charge in [-0.1, -0.05) is 11.6 Å². The van der Waals surface area contributed by atoms with Crippen molar-refractivity contribution in [2.24, 2.45) is 0 Å². The molecule has 1 fully saturated rings. The van der Waals surface area contributed by atoms with E-state index in [-0.39, 0.29) is 5.15 Å². The number of nitrogens with zero attached hydrogens (tertiary/aromatic N) is 3. The first-order valence-corrected chi connectivity index (χ1v) is 7.81. The lowest BCUT2D eigenvalue weighted by Crippen LogP contribution is -2.50. The Hall–Kier alpha value is -1.70. The van der Waals surface area contributed by atoms with Crippen molar-refractivity contribution in [1.82, 2.24) is 9.88 Å². The summed E-state index contributed by atoms with van der Waals surface area (Å²) in [6, 6.07) is 2.36. The molecule has 9 heteroatoms. The van der Waals surface area contributed by atoms with Crippen LogP contribution in [0.4, 0.5) is 23.7 Å². The summed E-state index contributed by atoms with van der Waals surface area (Å²) in [5, 5.41) is -0.214. The molecule has 0 atom stereocenters. The van der Waals surface area contributed by atoms with Crippen molar-refractivity contribution in [3.63, 3.8) is 0 Å². The molecule has 2 heterocycles. The van der Waals surface area contributed by atoms with Crippen LogP contribution in [0.5, 0.6) is 0 Å². The molecule has 0 saturated carbocycles. The number of anilines is 1. The third-order valence-corrected chi connectivity index (χ3v) is 3.56. The van der Waals surface area contributed by atoms with E-state index in [2.05, 4.69) is 4.98 Å². The molecule has 0 aromatic carbocycles. The number of pyridine rings is 1. The topological polar surface area (TPSA) is 45.7 Å². The summed E-state index contributed by atoms with van der Waals surface area (Å²) in [6.45, 7) is 6.82. The van der Waals surface area contributed by atoms with E-state index in [9.17, 15) is 18.0 Å². The maximum atomic E-state index is 12.8. The predicted octanol–water partition coefficient (Wildman–Crippen LogP) is 3.81. The zero-order chi connectivity index (χ0) is 18.1. The summed E-state index contributed by atoms with van der Waals surface area (Å²) in [4.78, 5) is 18.6. The Labute approximate surface area is 143 Å². The van der Waals surface area contributed by atoms with Gasteiger partial charge in [0.1, 0.15) is 16.4 Å². The molecule has 0 aliphatic carbocycles. The molecule has 24 heavy (non-hydrogen) atoms. The van der Waals surface area contributed by atoms with Crippen LogP contribution in [0, 0.1) is 0 Å². The fourth-order valence-electron chi connectivity index (χ4n) is 2.28. The molecule has 1 aromatic heterocycles. The van der Waals surface area contributed by atoms with Gasteiger partial charge in [0.25, 0.3) is 0 Å². The van der Waals surface area contributed by atoms with E-state index in [0.717, 1.165) is 6.07 Å². The Morgan fingerprint density at radius 3 is 2.25 bits per heavy atom. The molecule has 0 N–H and O–H groups in total. The summed E-state index contributed by atoms with van der Waals surface area (Å²) in [5.74, 6) is 0. The largest absolute Gasteiger partial charge is 0.444 e. The smallest absolute Gasteiger partial charge is 0.433 e. The number of carbonyl (C=O) groups is 1. The van der Waals surface area contributed by atoms with E-state index >= 15 is 0 Å². The lowest BCUT2D eigenvalue weighted by atomic mass is 10.2. The Morgan fingerprint density at radius 2 is 1.75 bits per heavy atom. The quantitative estimate of drug-likeness (QED) is 0.710. The minimum atomic E-state index is -4.56. The number of aromatic nitrogens is 1. The van der Waals surface area contributed by atoms with Crippen LogP contribution in [0.1, 0.15) is 26.5 Å². The molecule has 1 aliphatic heterocycles. The Kier molecular flexibility index (Phi) is 5.17. The van der Waals surface area contributed by atoms with E-state index in [1.807, 2.05) is 0 Å². The van der Waals surface area contributed by atoms with Gasteiger partial charge < -0.3 is 14.5 Å². The zero-order valence-corrected chi connectivity index (χ0v) is 14.4. The van der Waals surface area contributed by atoms with Crippen LogP contribution in [0.2, 0.25) is 5.15 Å². The van der Waals surface area contributed by atoms with Crippen molar-refractivity contribution in [2.45, 2.75) is 32.5 Å². The molecule has 1 aliphatic rings. The summed E-state index contributed by atoms with van der Waals surface area (Å²) in [5.41, 5.74) is -1.28. The number of halogens is 4. The summed E-state index contributed by atoms with van der Waals surface area (Å²) in [6.07, 6.45) is -4.98. The van der Waals surface area contributed by atoms with Gasteiger partial charge in [-0.2, -0.15) is 13.2 Å². The van der Waals surface area contributed by atoms with Crippen molar-refractivity contribution >= 4 is 23.4 Å². The fourth-order valence-corrected chi connectivity index (χ4v) is 2.49. The van der Waals surface area contributed by atoms with Crippen molar-refractivity contribution in [3.8, 4) is 0 Å². The minimum Gasteiger partial charge on any atom is -0.444 e. The maximum absolute atomic E-state index is 12.8. The third kappa shape index (κ3) is 4.90. The van der Waals surface area contributed by atoms with Crippen LogP contribution in [0.25, 0.3) is 0 Å². The van der Waals surface area contributed by atoms with Crippen molar-refractivity contribution in [2.75, 3.05) is 31.1 Å². The summed E-state index contributed by atoms with van der Waals surface area (Å²) in [7, 11) is 0. The molecule has 134 valence electrons. The van der Waals surface area contributed by atoms with Crippen LogP contribution in [0.15, 0.2) is 12.1 Å². The average molecular weight is 366 g/mol. The molecular formula is C15H19ClF3N3O2. The van der Waals surface area contributed by atoms with E-state index in [4.69, 9.17) is 16.3 Å². The molecule has 0 radical (unpaired) electrons. The van der Waals surface area contributed by atoms with E-state index in [0.29, 0.717) is 31.9 Å². The molecule has 0 bridgehead atoms. The second-order valence-electron chi connectivity index (χ2n) is 6.49. The highest BCUT2D eigenvalue weighted by Gasteiger charge is 2.34. The minimum absolute atomic E-state index is 0.214. The Bertz CT molecular complexity index is 609. The second kappa shape index (κ2) is 6.66. The fraction of sp³-hybridized carbons (Fsp3) is 0.600. The van der Waals surface area contributed by atoms with Gasteiger partial charge in [-0.15, -0.1) is 0 Å². The SMILES string of the molecule is CC(C)(C)OC(=O)N1CCN(c2cc(Cl)nc(C(F)(F)F)c2)CC1. The van der Waals surface area contributed by atoms with E-state index in [1.165, 1.54) is 11.0 Å². The average Bonchev–Trinajstić information content (AvgIpc) is 2.44. The highest BCUT2D eigenvalue weighted by atomic mass is 35.5. The van der Waals surface area contributed by atoms with Gasteiger partial charge in [-0.3, -0.25) is 0 Å². The van der Waals surface area contributed by atoms with Gasteiger partial charge in [0, 0.05) is 31.9 Å². The van der Waals surface area contributed by atoms with Crippen molar-refractivity contribution in [3.05, 3.63) is 23.0 Å². The first-order valence-electron chi connectivity index (χ1n) is 7.43. The summed E-state index contributed by atoms with van der Waals surface area (Å²) < 4.78 is 43.8. The highest BCUT2D eigenvalue weighted by molar-refractivity contribution is 6.29. The Balaban J connectivity index is 2.05. The summed E-state index contributed by atoms with van der Waals surface area (Å²) >= 11 is 5.70. The van der Waals surface area contributed by atoms with Gasteiger partial charge in [-0.25, -0.2) is 9.78 Å². The molecular weight excluding hydrogens is 347 g/mol. The van der Waals surface area contributed by atoms with Crippen molar-refractivity contribution < 1.29 is 22.7 Å². The lowest BCUT2D eigenvalue weighted by Gasteiger charge is -2.36. The van der Waals surface area contributed by atoms with Gasteiger partial charge in [-0.05, 0) is 32.9 Å². The molecule has 5 nitrogen and oxygen atoms in total. The molecule has 2 rings (SSSR count). The molecule has 0 unspecified atom stereocenters. The first-order chi connectivity index (χ1) is 11.0. The zero-order valence-electron chi connectivity index (χ0n) is 13.7. The number of ether oxygens (including phenoxy) is 1. The molecule has 1 saturated heterocycles. The number of carbonyl (C=O) groups excluding carboxylic acids is 1. The highest BCUT2D eigenvalue weighted by Crippen LogP contribution is 2.32. The van der Waals surface area contributed by atoms with Crippen LogP contribution in [-0.4, -0.2) is 47.8 Å². The molecule has 1 amide bonds. The van der Waals surface area contributed by atoms with Gasteiger partial charge in [0.15, 0.2) is 0 Å². The Morgan fingerprint density at radius 1 is 1.17 bits per heavy atom. The number of amides is 1. The number of hydrogen-bond donors (Lipinski definition) is 0. The number of piperazine rings is 1. The van der Waals surface area contributed by atoms with E-state index < -0.39 is 23.6 Å². The molecule has 1 aromatic rings. The lowest BCUT2D eigenvalue weighted by molar-refractivity contribution is -0.141. The van der Waals surface area contributed by atoms with Crippen LogP contribution < -0.4 is 4.90 Å². The van der Waals surface area contributed by atoms with Gasteiger partial charge >= 0.3 is 12.3 Å². The first kappa shape index (κ1) is 18.6. The van der Waals surface area contributed by atoms with Crippen LogP contribution in [0.3, 0.4) is 0 Å². The normalized spacial score (nSPS) is 16.3. The number of rotatable bonds is 1. The monoisotopic (exact) mass is 365 g/mol. The van der Waals surface area contributed by atoms with Crippen LogP contribution >= 0.6 is 11.6 Å². The number of hydrogen-bond acceptors (Lipinski definition) is 4. The van der Waals surface area contributed by atoms with E-state index in [1.54, 1.807) is 25.7 Å². The van der Waals surface area contributed by atoms with Gasteiger partial charge in [0.2, 0.25) is 0 Å². The second-order valence-corrected chi connectivity index (χ2v) is 6.87.